The maximum absolute atomic E-state index is 11.7. The quantitative estimate of drug-likeness (QED) is 0.389. The van der Waals surface area contributed by atoms with Crippen LogP contribution in [-0.2, 0) is 5.41 Å². The van der Waals surface area contributed by atoms with Crippen LogP contribution in [0.1, 0.15) is 34.7 Å². The van der Waals surface area contributed by atoms with Crippen LogP contribution in [0, 0.1) is 24.0 Å². The van der Waals surface area contributed by atoms with Gasteiger partial charge in [0.05, 0.1) is 4.92 Å². The number of nitro benzene ring substituents is 1. The summed E-state index contributed by atoms with van der Waals surface area (Å²) in [6, 6.07) is 17.1. The normalized spacial score (nSPS) is 11.4. The molecular weight excluding hydrogens is 342 g/mol. The molecule has 0 aliphatic heterocycles. The number of nitro groups is 1. The number of para-hydroxylation sites is 1. The first-order valence-electron chi connectivity index (χ1n) is 8.59. The van der Waals surface area contributed by atoms with Crippen LogP contribution in [-0.4, -0.2) is 15.1 Å². The van der Waals surface area contributed by atoms with Gasteiger partial charge in [0, 0.05) is 17.0 Å². The van der Waals surface area contributed by atoms with Crippen molar-refractivity contribution in [1.82, 2.24) is 0 Å². The molecule has 5 heteroatoms. The Labute approximate surface area is 157 Å². The molecule has 0 atom stereocenters. The summed E-state index contributed by atoms with van der Waals surface area (Å²) in [7, 11) is 0. The summed E-state index contributed by atoms with van der Waals surface area (Å²) >= 11 is 0. The van der Waals surface area contributed by atoms with Crippen LogP contribution in [0.4, 0.5) is 5.69 Å². The number of hydrogen-bond donors (Lipinski definition) is 2. The van der Waals surface area contributed by atoms with E-state index in [0.29, 0.717) is 16.7 Å². The van der Waals surface area contributed by atoms with Crippen LogP contribution in [0.25, 0.3) is 0 Å². The lowest BCUT2D eigenvalue weighted by atomic mass is 9.70. The molecule has 0 amide bonds. The van der Waals surface area contributed by atoms with Crippen LogP contribution in [0.15, 0.2) is 60.7 Å². The number of aryl methyl sites for hydroxylation is 2. The zero-order chi connectivity index (χ0) is 19.8. The molecule has 0 saturated heterocycles. The zero-order valence-electron chi connectivity index (χ0n) is 15.4. The highest BCUT2D eigenvalue weighted by Gasteiger charge is 2.37. The fraction of sp³-hybridized carbons (Fsp3) is 0.182. The predicted molar refractivity (Wildman–Crippen MR) is 104 cm³/mol. The number of phenols is 2. The molecule has 0 radical (unpaired) electrons. The monoisotopic (exact) mass is 363 g/mol. The first kappa shape index (κ1) is 18.5. The summed E-state index contributed by atoms with van der Waals surface area (Å²) in [5, 5.41) is 31.6. The minimum atomic E-state index is -0.847. The van der Waals surface area contributed by atoms with Crippen molar-refractivity contribution in [2.75, 3.05) is 0 Å². The lowest BCUT2D eigenvalue weighted by molar-refractivity contribution is -0.385. The molecule has 0 aromatic heterocycles. The standard InChI is InChI=1S/C22H21NO4/c1-14-12-16(8-10-20(14)24)22(3,17-9-11-21(25)15(2)13-17)18-6-4-5-7-19(18)23(26)27/h4-13,24-25H,1-3H3. The van der Waals surface area contributed by atoms with Crippen LogP contribution in [0.5, 0.6) is 11.5 Å². The Morgan fingerprint density at radius 2 is 1.33 bits per heavy atom. The molecule has 0 bridgehead atoms. The fourth-order valence-corrected chi connectivity index (χ4v) is 3.47. The molecule has 27 heavy (non-hydrogen) atoms. The number of rotatable bonds is 4. The van der Waals surface area contributed by atoms with Gasteiger partial charge in [-0.3, -0.25) is 10.1 Å². The number of phenolic OH excluding ortho intramolecular Hbond substituents is 2. The number of aromatic hydroxyl groups is 2. The maximum atomic E-state index is 11.7. The van der Waals surface area contributed by atoms with Crippen molar-refractivity contribution in [1.29, 1.82) is 0 Å². The van der Waals surface area contributed by atoms with Crippen LogP contribution in [0.2, 0.25) is 0 Å². The number of benzene rings is 3. The Morgan fingerprint density at radius 1 is 0.852 bits per heavy atom. The molecule has 0 spiro atoms. The molecule has 138 valence electrons. The summed E-state index contributed by atoms with van der Waals surface area (Å²) in [6.07, 6.45) is 0. The van der Waals surface area contributed by atoms with Crippen LogP contribution < -0.4 is 0 Å². The van der Waals surface area contributed by atoms with E-state index in [1.807, 2.05) is 19.1 Å². The van der Waals surface area contributed by atoms with Gasteiger partial charge in [-0.25, -0.2) is 0 Å². The van der Waals surface area contributed by atoms with E-state index in [0.717, 1.165) is 11.1 Å². The Kier molecular flexibility index (Phi) is 4.62. The highest BCUT2D eigenvalue weighted by atomic mass is 16.6. The maximum Gasteiger partial charge on any atom is 0.273 e. The van der Waals surface area contributed by atoms with Crippen molar-refractivity contribution in [2.24, 2.45) is 0 Å². The molecule has 0 unspecified atom stereocenters. The molecule has 3 rings (SSSR count). The van der Waals surface area contributed by atoms with Crippen molar-refractivity contribution in [3.8, 4) is 11.5 Å². The van der Waals surface area contributed by atoms with Gasteiger partial charge in [0.1, 0.15) is 11.5 Å². The molecule has 5 nitrogen and oxygen atoms in total. The molecular formula is C22H21NO4. The van der Waals surface area contributed by atoms with Gasteiger partial charge < -0.3 is 10.2 Å². The second-order valence-electron chi connectivity index (χ2n) is 6.90. The predicted octanol–water partition coefficient (Wildman–Crippen LogP) is 4.98. The minimum Gasteiger partial charge on any atom is -0.508 e. The molecule has 0 heterocycles. The Morgan fingerprint density at radius 3 is 1.78 bits per heavy atom. The first-order valence-corrected chi connectivity index (χ1v) is 8.59. The molecule has 2 N–H and O–H groups in total. The fourth-order valence-electron chi connectivity index (χ4n) is 3.47. The van der Waals surface area contributed by atoms with Crippen molar-refractivity contribution in [3.63, 3.8) is 0 Å². The molecule has 3 aromatic rings. The third kappa shape index (κ3) is 3.12. The number of hydrogen-bond acceptors (Lipinski definition) is 4. The van der Waals surface area contributed by atoms with E-state index < -0.39 is 5.41 Å². The van der Waals surface area contributed by atoms with Gasteiger partial charge >= 0.3 is 0 Å². The Hall–Kier alpha value is -3.34. The minimum absolute atomic E-state index is 0.0245. The summed E-state index contributed by atoms with van der Waals surface area (Å²) < 4.78 is 0. The molecule has 0 aliphatic rings. The Balaban J connectivity index is 2.38. The smallest absolute Gasteiger partial charge is 0.273 e. The average Bonchev–Trinajstić information content (AvgIpc) is 2.65. The summed E-state index contributed by atoms with van der Waals surface area (Å²) in [5.74, 6) is 0.344. The van der Waals surface area contributed by atoms with Crippen molar-refractivity contribution < 1.29 is 15.1 Å². The lowest BCUT2D eigenvalue weighted by Crippen LogP contribution is -2.26. The van der Waals surface area contributed by atoms with E-state index in [2.05, 4.69) is 0 Å². The van der Waals surface area contributed by atoms with E-state index in [4.69, 9.17) is 0 Å². The van der Waals surface area contributed by atoms with Crippen molar-refractivity contribution >= 4 is 5.69 Å². The second-order valence-corrected chi connectivity index (χ2v) is 6.90. The molecule has 0 aliphatic carbocycles. The SMILES string of the molecule is Cc1cc(C(C)(c2ccc(O)c(C)c2)c2ccccc2[N+](=O)[O-])ccc1O. The highest BCUT2D eigenvalue weighted by molar-refractivity contribution is 5.59. The van der Waals surface area contributed by atoms with E-state index in [-0.39, 0.29) is 22.1 Å². The van der Waals surface area contributed by atoms with E-state index in [1.54, 1.807) is 56.3 Å². The van der Waals surface area contributed by atoms with Gasteiger partial charge in [0.15, 0.2) is 0 Å². The number of nitrogens with zero attached hydrogens (tertiary/aromatic N) is 1. The van der Waals surface area contributed by atoms with Gasteiger partial charge in [-0.1, -0.05) is 42.5 Å². The van der Waals surface area contributed by atoms with Gasteiger partial charge in [-0.2, -0.15) is 0 Å². The van der Waals surface area contributed by atoms with Gasteiger partial charge in [0.2, 0.25) is 0 Å². The van der Waals surface area contributed by atoms with E-state index in [1.165, 1.54) is 6.07 Å². The van der Waals surface area contributed by atoms with Gasteiger partial charge in [-0.05, 0) is 55.2 Å². The van der Waals surface area contributed by atoms with Crippen molar-refractivity contribution in [3.05, 3.63) is 98.6 Å². The first-order chi connectivity index (χ1) is 12.7. The van der Waals surface area contributed by atoms with Crippen LogP contribution in [0.3, 0.4) is 0 Å². The summed E-state index contributed by atoms with van der Waals surface area (Å²) in [5.41, 5.74) is 2.73. The van der Waals surface area contributed by atoms with Gasteiger partial charge in [0.25, 0.3) is 5.69 Å². The molecule has 3 aromatic carbocycles. The Bertz CT molecular complexity index is 975. The topological polar surface area (TPSA) is 83.6 Å². The molecule has 0 saturated carbocycles. The average molecular weight is 363 g/mol. The second kappa shape index (κ2) is 6.76. The summed E-state index contributed by atoms with van der Waals surface area (Å²) in [6.45, 7) is 5.51. The third-order valence-electron chi connectivity index (χ3n) is 5.19. The van der Waals surface area contributed by atoms with E-state index in [9.17, 15) is 20.3 Å². The van der Waals surface area contributed by atoms with Crippen molar-refractivity contribution in [2.45, 2.75) is 26.2 Å². The van der Waals surface area contributed by atoms with E-state index >= 15 is 0 Å². The highest BCUT2D eigenvalue weighted by Crippen LogP contribution is 2.44. The van der Waals surface area contributed by atoms with Crippen LogP contribution >= 0.6 is 0 Å². The third-order valence-corrected chi connectivity index (χ3v) is 5.19. The van der Waals surface area contributed by atoms with Gasteiger partial charge in [-0.15, -0.1) is 0 Å². The summed E-state index contributed by atoms with van der Waals surface area (Å²) in [4.78, 5) is 11.3. The largest absolute Gasteiger partial charge is 0.508 e. The zero-order valence-corrected chi connectivity index (χ0v) is 15.4. The molecule has 0 fully saturated rings. The lowest BCUT2D eigenvalue weighted by Gasteiger charge is -2.32.